The molecule has 7 nitrogen and oxygen atoms in total. The van der Waals surface area contributed by atoms with E-state index in [0.29, 0.717) is 31.5 Å². The van der Waals surface area contributed by atoms with Gasteiger partial charge in [-0.15, -0.1) is 16.4 Å². The van der Waals surface area contributed by atoms with Crippen molar-refractivity contribution in [2.75, 3.05) is 19.8 Å². The van der Waals surface area contributed by atoms with Crippen LogP contribution in [0.1, 0.15) is 25.1 Å². The van der Waals surface area contributed by atoms with Gasteiger partial charge in [-0.3, -0.25) is 4.79 Å². The van der Waals surface area contributed by atoms with E-state index in [0.717, 1.165) is 6.42 Å². The van der Waals surface area contributed by atoms with Crippen molar-refractivity contribution in [3.8, 4) is 0 Å². The first-order valence-electron chi connectivity index (χ1n) is 7.51. The summed E-state index contributed by atoms with van der Waals surface area (Å²) in [6.07, 6.45) is 0.813. The molecule has 0 saturated heterocycles. The molecule has 2 aromatic rings. The average molecular weight is 355 g/mol. The lowest BCUT2D eigenvalue weighted by atomic mass is 10.4. The molecule has 0 spiro atoms. The first-order valence-corrected chi connectivity index (χ1v) is 9.27. The number of aromatic nitrogens is 4. The van der Waals surface area contributed by atoms with Crippen LogP contribution in [-0.4, -0.2) is 51.1 Å². The van der Waals surface area contributed by atoms with Gasteiger partial charge in [0.15, 0.2) is 0 Å². The van der Waals surface area contributed by atoms with E-state index >= 15 is 0 Å². The summed E-state index contributed by atoms with van der Waals surface area (Å²) >= 11 is 3.02. The topological polar surface area (TPSA) is 81.9 Å². The molecule has 0 radical (unpaired) electrons. The normalized spacial score (nSPS) is 12.3. The molecule has 2 rings (SSSR count). The lowest BCUT2D eigenvalue weighted by Crippen LogP contribution is -2.32. The van der Waals surface area contributed by atoms with Gasteiger partial charge in [0.1, 0.15) is 0 Å². The number of hydrogen-bond donors (Lipinski definition) is 1. The van der Waals surface area contributed by atoms with Crippen molar-refractivity contribution in [1.82, 2.24) is 25.5 Å². The number of nitrogens with one attached hydrogen (secondary N) is 1. The Morgan fingerprint density at radius 1 is 1.57 bits per heavy atom. The van der Waals surface area contributed by atoms with E-state index in [-0.39, 0.29) is 11.2 Å². The first kappa shape index (κ1) is 17.9. The number of hydrogen-bond acceptors (Lipinski definition) is 7. The van der Waals surface area contributed by atoms with E-state index in [1.807, 2.05) is 31.4 Å². The van der Waals surface area contributed by atoms with Gasteiger partial charge in [0.2, 0.25) is 11.1 Å². The zero-order chi connectivity index (χ0) is 16.5. The Morgan fingerprint density at radius 3 is 3.17 bits per heavy atom. The van der Waals surface area contributed by atoms with E-state index < -0.39 is 0 Å². The van der Waals surface area contributed by atoms with E-state index in [1.54, 1.807) is 16.0 Å². The molecule has 0 aromatic carbocycles. The van der Waals surface area contributed by atoms with Crippen LogP contribution in [0.25, 0.3) is 0 Å². The van der Waals surface area contributed by atoms with Gasteiger partial charge >= 0.3 is 0 Å². The van der Waals surface area contributed by atoms with Crippen molar-refractivity contribution < 1.29 is 9.53 Å². The first-order chi connectivity index (χ1) is 11.2. The monoisotopic (exact) mass is 355 g/mol. The molecule has 9 heteroatoms. The summed E-state index contributed by atoms with van der Waals surface area (Å²) in [7, 11) is 0. The Labute approximate surface area is 143 Å². The third kappa shape index (κ3) is 5.92. The molecular weight excluding hydrogens is 334 g/mol. The van der Waals surface area contributed by atoms with Gasteiger partial charge in [0.25, 0.3) is 0 Å². The highest BCUT2D eigenvalue weighted by Crippen LogP contribution is 2.21. The Bertz CT molecular complexity index is 588. The van der Waals surface area contributed by atoms with Crippen molar-refractivity contribution in [2.45, 2.75) is 37.2 Å². The second-order valence-corrected chi connectivity index (χ2v) is 7.14. The summed E-state index contributed by atoms with van der Waals surface area (Å²) in [6, 6.07) is 4.03. The summed E-state index contributed by atoms with van der Waals surface area (Å²) in [5.74, 6) is -0.0165. The predicted octanol–water partition coefficient (Wildman–Crippen LogP) is 1.81. The van der Waals surface area contributed by atoms with Crippen molar-refractivity contribution in [3.05, 3.63) is 22.4 Å². The Hall–Kier alpha value is -1.45. The Morgan fingerprint density at radius 2 is 2.43 bits per heavy atom. The maximum absolute atomic E-state index is 12.1. The molecule has 0 bridgehead atoms. The molecule has 2 heterocycles. The SMILES string of the molecule is CCOCCCNC(=O)C(C)Sc1nnnn1Cc1cccs1. The van der Waals surface area contributed by atoms with Crippen LogP contribution in [-0.2, 0) is 16.1 Å². The van der Waals surface area contributed by atoms with Gasteiger partial charge < -0.3 is 10.1 Å². The van der Waals surface area contributed by atoms with Crippen LogP contribution < -0.4 is 5.32 Å². The Balaban J connectivity index is 1.79. The number of tetrazole rings is 1. The molecule has 1 unspecified atom stereocenters. The lowest BCUT2D eigenvalue weighted by Gasteiger charge is -2.11. The van der Waals surface area contributed by atoms with Gasteiger partial charge in [0, 0.05) is 24.6 Å². The molecule has 1 amide bonds. The number of carbonyl (C=O) groups excluding carboxylic acids is 1. The number of nitrogens with zero attached hydrogens (tertiary/aromatic N) is 4. The highest BCUT2D eigenvalue weighted by Gasteiger charge is 2.18. The molecule has 0 saturated carbocycles. The zero-order valence-corrected chi connectivity index (χ0v) is 14.9. The highest BCUT2D eigenvalue weighted by molar-refractivity contribution is 8.00. The van der Waals surface area contributed by atoms with Crippen LogP contribution >= 0.6 is 23.1 Å². The third-order valence-electron chi connectivity index (χ3n) is 3.00. The molecule has 0 fully saturated rings. The summed E-state index contributed by atoms with van der Waals surface area (Å²) in [4.78, 5) is 13.3. The smallest absolute Gasteiger partial charge is 0.233 e. The van der Waals surface area contributed by atoms with Crippen molar-refractivity contribution >= 4 is 29.0 Å². The van der Waals surface area contributed by atoms with Crippen LogP contribution in [0.5, 0.6) is 0 Å². The second-order valence-electron chi connectivity index (χ2n) is 4.80. The largest absolute Gasteiger partial charge is 0.382 e. The van der Waals surface area contributed by atoms with Crippen molar-refractivity contribution in [3.63, 3.8) is 0 Å². The van der Waals surface area contributed by atoms with Crippen LogP contribution in [0.2, 0.25) is 0 Å². The molecule has 1 N–H and O–H groups in total. The third-order valence-corrected chi connectivity index (χ3v) is 4.94. The molecule has 0 aliphatic heterocycles. The van der Waals surface area contributed by atoms with E-state index in [4.69, 9.17) is 4.74 Å². The zero-order valence-electron chi connectivity index (χ0n) is 13.3. The predicted molar refractivity (Wildman–Crippen MR) is 90.7 cm³/mol. The fourth-order valence-electron chi connectivity index (χ4n) is 1.82. The van der Waals surface area contributed by atoms with Crippen LogP contribution in [0.4, 0.5) is 0 Å². The van der Waals surface area contributed by atoms with Crippen LogP contribution in [0, 0.1) is 0 Å². The van der Waals surface area contributed by atoms with Gasteiger partial charge in [-0.2, -0.15) is 0 Å². The number of thiophene rings is 1. The summed E-state index contributed by atoms with van der Waals surface area (Å²) in [5.41, 5.74) is 0. The minimum Gasteiger partial charge on any atom is -0.382 e. The van der Waals surface area contributed by atoms with Crippen LogP contribution in [0.15, 0.2) is 22.7 Å². The van der Waals surface area contributed by atoms with E-state index in [1.165, 1.54) is 16.6 Å². The number of rotatable bonds is 10. The molecule has 23 heavy (non-hydrogen) atoms. The highest BCUT2D eigenvalue weighted by atomic mass is 32.2. The summed E-state index contributed by atoms with van der Waals surface area (Å²) < 4.78 is 6.96. The fraction of sp³-hybridized carbons (Fsp3) is 0.571. The van der Waals surface area contributed by atoms with Crippen molar-refractivity contribution in [1.29, 1.82) is 0 Å². The van der Waals surface area contributed by atoms with E-state index in [9.17, 15) is 4.79 Å². The minimum absolute atomic E-state index is 0.0165. The molecular formula is C14H21N5O2S2. The average Bonchev–Trinajstić information content (AvgIpc) is 3.20. The second kappa shape index (κ2) is 9.64. The maximum atomic E-state index is 12.1. The fourth-order valence-corrected chi connectivity index (χ4v) is 3.31. The van der Waals surface area contributed by atoms with Gasteiger partial charge in [0.05, 0.1) is 11.8 Å². The number of amides is 1. The van der Waals surface area contributed by atoms with Gasteiger partial charge in [-0.25, -0.2) is 4.68 Å². The number of carbonyl (C=O) groups is 1. The van der Waals surface area contributed by atoms with E-state index in [2.05, 4.69) is 20.8 Å². The lowest BCUT2D eigenvalue weighted by molar-refractivity contribution is -0.120. The molecule has 2 aromatic heterocycles. The molecule has 0 aliphatic carbocycles. The van der Waals surface area contributed by atoms with Gasteiger partial charge in [-0.05, 0) is 42.1 Å². The number of ether oxygens (including phenoxy) is 1. The summed E-state index contributed by atoms with van der Waals surface area (Å²) in [5, 5.41) is 17.0. The van der Waals surface area contributed by atoms with Crippen molar-refractivity contribution in [2.24, 2.45) is 0 Å². The molecule has 0 aliphatic rings. The molecule has 1 atom stereocenters. The number of thioether (sulfide) groups is 1. The summed E-state index contributed by atoms with van der Waals surface area (Å²) in [6.45, 7) is 6.41. The standard InChI is InChI=1S/C14H21N5O2S2/c1-3-21-8-5-7-15-13(20)11(2)23-14-16-17-18-19(14)10-12-6-4-9-22-12/h4,6,9,11H,3,5,7-8,10H2,1-2H3,(H,15,20). The quantitative estimate of drug-likeness (QED) is 0.517. The minimum atomic E-state index is -0.254. The van der Waals surface area contributed by atoms with Crippen LogP contribution in [0.3, 0.4) is 0 Å². The maximum Gasteiger partial charge on any atom is 0.233 e. The Kier molecular flexibility index (Phi) is 7.50. The van der Waals surface area contributed by atoms with Gasteiger partial charge in [-0.1, -0.05) is 17.8 Å². The molecule has 126 valence electrons.